The molecule has 5 N–H and O–H groups in total. The molecule has 1 rings (SSSR count). The second-order valence-corrected chi connectivity index (χ2v) is 3.13. The Kier molecular flexibility index (Phi) is 3.40. The van der Waals surface area contributed by atoms with Gasteiger partial charge in [-0.1, -0.05) is 0 Å². The van der Waals surface area contributed by atoms with Crippen LogP contribution in [0.4, 0.5) is 0 Å². The highest BCUT2D eigenvalue weighted by Gasteiger charge is 2.43. The van der Waals surface area contributed by atoms with E-state index in [4.69, 9.17) is 25.2 Å². The van der Waals surface area contributed by atoms with Crippen molar-refractivity contribution in [3.8, 4) is 0 Å². The van der Waals surface area contributed by atoms with E-state index in [9.17, 15) is 9.90 Å². The Morgan fingerprint density at radius 2 is 1.86 bits per heavy atom. The SMILES string of the molecule is O=C(O)C(O)C1OC[C@@H](O)[C@H](O)C1O. The average Bonchev–Trinajstić information content (AvgIpc) is 2.13. The van der Waals surface area contributed by atoms with Crippen LogP contribution in [-0.2, 0) is 9.53 Å². The molecule has 0 amide bonds. The summed E-state index contributed by atoms with van der Waals surface area (Å²) in [6.07, 6.45) is -7.76. The van der Waals surface area contributed by atoms with Crippen molar-refractivity contribution in [3.05, 3.63) is 0 Å². The molecule has 0 saturated carbocycles. The Bertz CT molecular complexity index is 218. The van der Waals surface area contributed by atoms with Crippen LogP contribution in [0.3, 0.4) is 0 Å². The second-order valence-electron chi connectivity index (χ2n) is 3.13. The first-order valence-corrected chi connectivity index (χ1v) is 4.02. The predicted octanol–water partition coefficient (Wildman–Crippen LogP) is -3.09. The van der Waals surface area contributed by atoms with Crippen molar-refractivity contribution in [2.75, 3.05) is 6.61 Å². The van der Waals surface area contributed by atoms with Gasteiger partial charge in [-0.3, -0.25) is 0 Å². The summed E-state index contributed by atoms with van der Waals surface area (Å²) in [5, 5.41) is 44.9. The van der Waals surface area contributed by atoms with Gasteiger partial charge in [-0.2, -0.15) is 0 Å². The maximum absolute atomic E-state index is 10.3. The molecule has 7 heteroatoms. The Balaban J connectivity index is 2.67. The van der Waals surface area contributed by atoms with E-state index in [1.807, 2.05) is 0 Å². The van der Waals surface area contributed by atoms with Gasteiger partial charge in [0.1, 0.15) is 24.4 Å². The van der Waals surface area contributed by atoms with Crippen molar-refractivity contribution >= 4 is 5.97 Å². The number of ether oxygens (including phenoxy) is 1. The number of aliphatic carboxylic acids is 1. The fraction of sp³-hybridized carbons (Fsp3) is 0.857. The van der Waals surface area contributed by atoms with Gasteiger partial charge in [0.2, 0.25) is 0 Å². The standard InChI is InChI=1S/C7H12O7/c8-2-1-14-6(4(10)3(2)9)5(11)7(12)13/h2-6,8-11H,1H2,(H,12,13)/t2-,3+,4?,5?,6?/m1/s1. The van der Waals surface area contributed by atoms with E-state index >= 15 is 0 Å². The molecular weight excluding hydrogens is 196 g/mol. The Morgan fingerprint density at radius 3 is 2.36 bits per heavy atom. The minimum Gasteiger partial charge on any atom is -0.479 e. The first kappa shape index (κ1) is 11.3. The largest absolute Gasteiger partial charge is 0.479 e. The molecule has 0 radical (unpaired) electrons. The third kappa shape index (κ3) is 2.02. The number of carboxylic acid groups (broad SMARTS) is 1. The van der Waals surface area contributed by atoms with E-state index in [0.717, 1.165) is 0 Å². The fourth-order valence-corrected chi connectivity index (χ4v) is 1.25. The van der Waals surface area contributed by atoms with Crippen LogP contribution in [0.1, 0.15) is 0 Å². The van der Waals surface area contributed by atoms with Crippen LogP contribution in [0.15, 0.2) is 0 Å². The zero-order valence-corrected chi connectivity index (χ0v) is 7.15. The Hall–Kier alpha value is -0.730. The van der Waals surface area contributed by atoms with Gasteiger partial charge in [-0.05, 0) is 0 Å². The molecule has 14 heavy (non-hydrogen) atoms. The second kappa shape index (κ2) is 4.20. The van der Waals surface area contributed by atoms with Crippen molar-refractivity contribution in [2.24, 2.45) is 0 Å². The minimum atomic E-state index is -1.92. The first-order chi connectivity index (χ1) is 6.45. The summed E-state index contributed by atoms with van der Waals surface area (Å²) in [7, 11) is 0. The molecule has 1 aliphatic heterocycles. The van der Waals surface area contributed by atoms with Crippen LogP contribution >= 0.6 is 0 Å². The third-order valence-corrected chi connectivity index (χ3v) is 2.10. The van der Waals surface area contributed by atoms with E-state index in [2.05, 4.69) is 0 Å². The lowest BCUT2D eigenvalue weighted by Crippen LogP contribution is -2.58. The molecule has 0 bridgehead atoms. The summed E-state index contributed by atoms with van der Waals surface area (Å²) in [4.78, 5) is 10.3. The minimum absolute atomic E-state index is 0.326. The number of rotatable bonds is 2. The number of carboxylic acids is 1. The quantitative estimate of drug-likeness (QED) is 0.325. The molecule has 1 fully saturated rings. The summed E-state index contributed by atoms with van der Waals surface area (Å²) in [5.74, 6) is -1.56. The van der Waals surface area contributed by atoms with Gasteiger partial charge in [0, 0.05) is 0 Å². The normalized spacial score (nSPS) is 40.6. The first-order valence-electron chi connectivity index (χ1n) is 4.02. The van der Waals surface area contributed by atoms with Gasteiger partial charge in [-0.15, -0.1) is 0 Å². The number of aliphatic hydroxyl groups excluding tert-OH is 4. The molecule has 82 valence electrons. The van der Waals surface area contributed by atoms with Gasteiger partial charge in [0.25, 0.3) is 0 Å². The smallest absolute Gasteiger partial charge is 0.335 e. The molecule has 1 heterocycles. The van der Waals surface area contributed by atoms with Crippen LogP contribution in [0, 0.1) is 0 Å². The maximum Gasteiger partial charge on any atom is 0.335 e. The molecule has 5 atom stereocenters. The van der Waals surface area contributed by atoms with Crippen molar-refractivity contribution < 1.29 is 35.1 Å². The van der Waals surface area contributed by atoms with Gasteiger partial charge in [0.05, 0.1) is 6.61 Å². The molecule has 0 aromatic carbocycles. The van der Waals surface area contributed by atoms with Gasteiger partial charge in [0.15, 0.2) is 6.10 Å². The predicted molar refractivity (Wildman–Crippen MR) is 41.4 cm³/mol. The molecule has 1 aliphatic rings. The van der Waals surface area contributed by atoms with Crippen LogP contribution < -0.4 is 0 Å². The fourth-order valence-electron chi connectivity index (χ4n) is 1.25. The van der Waals surface area contributed by atoms with Crippen molar-refractivity contribution in [1.82, 2.24) is 0 Å². The Morgan fingerprint density at radius 1 is 1.29 bits per heavy atom. The van der Waals surface area contributed by atoms with E-state index < -0.39 is 36.5 Å². The average molecular weight is 208 g/mol. The molecule has 0 aromatic heterocycles. The van der Waals surface area contributed by atoms with Gasteiger partial charge >= 0.3 is 5.97 Å². The zero-order chi connectivity index (χ0) is 10.9. The topological polar surface area (TPSA) is 127 Å². The lowest BCUT2D eigenvalue weighted by atomic mass is 9.96. The van der Waals surface area contributed by atoms with Crippen molar-refractivity contribution in [1.29, 1.82) is 0 Å². The zero-order valence-electron chi connectivity index (χ0n) is 7.15. The summed E-state index contributed by atoms with van der Waals surface area (Å²) in [6.45, 7) is -0.326. The molecule has 7 nitrogen and oxygen atoms in total. The molecule has 0 aromatic rings. The summed E-state index contributed by atoms with van der Waals surface area (Å²) in [5.41, 5.74) is 0. The van der Waals surface area contributed by atoms with Crippen LogP contribution in [0.2, 0.25) is 0 Å². The maximum atomic E-state index is 10.3. The van der Waals surface area contributed by atoms with Gasteiger partial charge in [-0.25, -0.2) is 4.79 Å². The van der Waals surface area contributed by atoms with Crippen LogP contribution in [-0.4, -0.2) is 68.6 Å². The van der Waals surface area contributed by atoms with E-state index in [1.165, 1.54) is 0 Å². The highest BCUT2D eigenvalue weighted by molar-refractivity contribution is 5.72. The summed E-state index contributed by atoms with van der Waals surface area (Å²) < 4.78 is 4.71. The molecule has 0 spiro atoms. The number of hydrogen-bond acceptors (Lipinski definition) is 6. The summed E-state index contributed by atoms with van der Waals surface area (Å²) >= 11 is 0. The molecule has 0 aliphatic carbocycles. The molecular formula is C7H12O7. The van der Waals surface area contributed by atoms with E-state index in [-0.39, 0.29) is 6.61 Å². The lowest BCUT2D eigenvalue weighted by molar-refractivity contribution is -0.215. The van der Waals surface area contributed by atoms with E-state index in [0.29, 0.717) is 0 Å². The highest BCUT2D eigenvalue weighted by atomic mass is 16.5. The van der Waals surface area contributed by atoms with E-state index in [1.54, 1.807) is 0 Å². The number of hydrogen-bond donors (Lipinski definition) is 5. The third-order valence-electron chi connectivity index (χ3n) is 2.10. The molecule has 3 unspecified atom stereocenters. The van der Waals surface area contributed by atoms with Crippen LogP contribution in [0.5, 0.6) is 0 Å². The number of carbonyl (C=O) groups is 1. The summed E-state index contributed by atoms with van der Waals surface area (Å²) in [6, 6.07) is 0. The highest BCUT2D eigenvalue weighted by Crippen LogP contribution is 2.18. The monoisotopic (exact) mass is 208 g/mol. The Labute approximate surface area is 79.2 Å². The van der Waals surface area contributed by atoms with Crippen molar-refractivity contribution in [2.45, 2.75) is 30.5 Å². The molecule has 1 saturated heterocycles. The van der Waals surface area contributed by atoms with Crippen LogP contribution in [0.25, 0.3) is 0 Å². The lowest BCUT2D eigenvalue weighted by Gasteiger charge is -2.36. The van der Waals surface area contributed by atoms with Crippen molar-refractivity contribution in [3.63, 3.8) is 0 Å². The van der Waals surface area contributed by atoms with Gasteiger partial charge < -0.3 is 30.3 Å². The number of aliphatic hydroxyl groups is 4.